The smallest absolute Gasteiger partial charge is 0.316 e. The molecule has 0 saturated heterocycles. The second-order valence-electron chi connectivity index (χ2n) is 5.06. The Hall–Kier alpha value is -1.90. The van der Waals surface area contributed by atoms with E-state index in [9.17, 15) is 9.59 Å². The molecule has 0 bridgehead atoms. The quantitative estimate of drug-likeness (QED) is 0.463. The Balaban J connectivity index is 2.36. The largest absolute Gasteiger partial charge is 0.465 e. The number of benzene rings is 1. The topological polar surface area (TPSA) is 43.4 Å². The van der Waals surface area contributed by atoms with Crippen molar-refractivity contribution in [1.29, 1.82) is 0 Å². The van der Waals surface area contributed by atoms with E-state index < -0.39 is 5.41 Å². The molecule has 1 saturated carbocycles. The number of carbonyl (C=O) groups is 2. The number of carbonyl (C=O) groups excluding carboxylic acids is 2. The first-order valence-electron chi connectivity index (χ1n) is 6.46. The van der Waals surface area contributed by atoms with Crippen molar-refractivity contribution in [3.63, 3.8) is 0 Å². The highest BCUT2D eigenvalue weighted by atomic mass is 16.5. The number of esters is 1. The summed E-state index contributed by atoms with van der Waals surface area (Å²) in [5, 5.41) is 0. The lowest BCUT2D eigenvalue weighted by Gasteiger charge is -2.18. The van der Waals surface area contributed by atoms with Gasteiger partial charge in [0.15, 0.2) is 0 Å². The molecule has 2 rings (SSSR count). The summed E-state index contributed by atoms with van der Waals surface area (Å²) in [6.45, 7) is 4.17. The lowest BCUT2D eigenvalue weighted by Crippen LogP contribution is -2.25. The zero-order valence-electron chi connectivity index (χ0n) is 11.3. The van der Waals surface area contributed by atoms with Gasteiger partial charge < -0.3 is 4.74 Å². The molecule has 2 atom stereocenters. The number of allylic oxidation sites excluding steroid dienone is 1. The van der Waals surface area contributed by atoms with Crippen molar-refractivity contribution in [2.24, 2.45) is 5.41 Å². The summed E-state index contributed by atoms with van der Waals surface area (Å²) >= 11 is 0. The first-order valence-corrected chi connectivity index (χ1v) is 6.46. The Labute approximate surface area is 113 Å². The summed E-state index contributed by atoms with van der Waals surface area (Å²) in [7, 11) is 0. The molecule has 3 heteroatoms. The molecule has 0 heterocycles. The van der Waals surface area contributed by atoms with Crippen LogP contribution in [0.4, 0.5) is 0 Å². The molecule has 1 aromatic carbocycles. The molecule has 100 valence electrons. The van der Waals surface area contributed by atoms with Crippen molar-refractivity contribution in [2.75, 3.05) is 6.61 Å². The van der Waals surface area contributed by atoms with E-state index in [1.54, 1.807) is 13.0 Å². The van der Waals surface area contributed by atoms with Crippen LogP contribution in [0, 0.1) is 5.41 Å². The van der Waals surface area contributed by atoms with Gasteiger partial charge in [-0.15, -0.1) is 0 Å². The zero-order valence-corrected chi connectivity index (χ0v) is 11.3. The van der Waals surface area contributed by atoms with Gasteiger partial charge in [0.25, 0.3) is 0 Å². The fourth-order valence-corrected chi connectivity index (χ4v) is 2.75. The number of hydrogen-bond donors (Lipinski definition) is 0. The predicted molar refractivity (Wildman–Crippen MR) is 72.7 cm³/mol. The van der Waals surface area contributed by atoms with E-state index in [0.717, 1.165) is 5.56 Å². The van der Waals surface area contributed by atoms with E-state index >= 15 is 0 Å². The number of ether oxygens (including phenoxy) is 1. The Morgan fingerprint density at radius 2 is 2.05 bits per heavy atom. The van der Waals surface area contributed by atoms with Gasteiger partial charge in [0.1, 0.15) is 6.29 Å². The second-order valence-corrected chi connectivity index (χ2v) is 5.06. The average Bonchev–Trinajstić information content (AvgIpc) is 3.06. The molecule has 1 fully saturated rings. The van der Waals surface area contributed by atoms with Gasteiger partial charge in [0, 0.05) is 5.41 Å². The highest BCUT2D eigenvalue weighted by Gasteiger charge is 2.69. The fraction of sp³-hybridized carbons (Fsp3) is 0.375. The highest BCUT2D eigenvalue weighted by Crippen LogP contribution is 2.66. The van der Waals surface area contributed by atoms with Gasteiger partial charge in [-0.2, -0.15) is 0 Å². The molecular formula is C16H18O3. The van der Waals surface area contributed by atoms with Crippen LogP contribution < -0.4 is 0 Å². The summed E-state index contributed by atoms with van der Waals surface area (Å²) < 4.78 is 5.18. The van der Waals surface area contributed by atoms with Crippen molar-refractivity contribution in [3.05, 3.63) is 48.0 Å². The Kier molecular flexibility index (Phi) is 3.56. The molecule has 0 spiro atoms. The van der Waals surface area contributed by atoms with Crippen LogP contribution in [0.3, 0.4) is 0 Å². The van der Waals surface area contributed by atoms with Gasteiger partial charge in [0.2, 0.25) is 0 Å². The van der Waals surface area contributed by atoms with Gasteiger partial charge in [-0.05, 0) is 25.0 Å². The summed E-state index contributed by atoms with van der Waals surface area (Å²) in [4.78, 5) is 22.8. The van der Waals surface area contributed by atoms with Crippen molar-refractivity contribution < 1.29 is 14.3 Å². The van der Waals surface area contributed by atoms with Gasteiger partial charge in [0.05, 0.1) is 12.0 Å². The van der Waals surface area contributed by atoms with Gasteiger partial charge in [-0.3, -0.25) is 9.59 Å². The van der Waals surface area contributed by atoms with Crippen molar-refractivity contribution in [2.45, 2.75) is 25.7 Å². The lowest BCUT2D eigenvalue weighted by molar-refractivity contribution is -0.148. The number of aldehydes is 1. The Morgan fingerprint density at radius 1 is 1.37 bits per heavy atom. The van der Waals surface area contributed by atoms with E-state index in [4.69, 9.17) is 4.74 Å². The Bertz CT molecular complexity index is 506. The summed E-state index contributed by atoms with van der Waals surface area (Å²) in [6, 6.07) is 9.88. The highest BCUT2D eigenvalue weighted by molar-refractivity contribution is 5.87. The third-order valence-electron chi connectivity index (χ3n) is 4.00. The summed E-state index contributed by atoms with van der Waals surface area (Å²) in [5.74, 6) is -0.251. The third-order valence-corrected chi connectivity index (χ3v) is 4.00. The SMILES string of the molecule is CCOC(=O)[C@@]1(/C=C/C=O)C[C@]1(C)c1ccccc1. The summed E-state index contributed by atoms with van der Waals surface area (Å²) in [6.07, 6.45) is 4.45. The fourth-order valence-electron chi connectivity index (χ4n) is 2.75. The van der Waals surface area contributed by atoms with Crippen LogP contribution in [0.1, 0.15) is 25.8 Å². The van der Waals surface area contributed by atoms with Gasteiger partial charge in [-0.1, -0.05) is 43.3 Å². The molecule has 19 heavy (non-hydrogen) atoms. The average molecular weight is 258 g/mol. The van der Waals surface area contributed by atoms with Crippen LogP contribution >= 0.6 is 0 Å². The van der Waals surface area contributed by atoms with E-state index in [2.05, 4.69) is 0 Å². The van der Waals surface area contributed by atoms with Gasteiger partial charge >= 0.3 is 5.97 Å². The van der Waals surface area contributed by atoms with Crippen LogP contribution in [0.15, 0.2) is 42.5 Å². The van der Waals surface area contributed by atoms with E-state index in [1.807, 2.05) is 37.3 Å². The molecule has 0 radical (unpaired) electrons. The molecule has 0 amide bonds. The van der Waals surface area contributed by atoms with E-state index in [0.29, 0.717) is 19.3 Å². The minimum absolute atomic E-state index is 0.251. The number of rotatable bonds is 5. The maximum atomic E-state index is 12.2. The van der Waals surface area contributed by atoms with Crippen LogP contribution in [0.2, 0.25) is 0 Å². The third kappa shape index (κ3) is 2.09. The van der Waals surface area contributed by atoms with Crippen molar-refractivity contribution >= 4 is 12.3 Å². The van der Waals surface area contributed by atoms with Gasteiger partial charge in [-0.25, -0.2) is 0 Å². The van der Waals surface area contributed by atoms with Crippen LogP contribution in [0.25, 0.3) is 0 Å². The van der Waals surface area contributed by atoms with Crippen molar-refractivity contribution in [1.82, 2.24) is 0 Å². The molecule has 0 aliphatic heterocycles. The lowest BCUT2D eigenvalue weighted by atomic mass is 9.87. The molecule has 0 unspecified atom stereocenters. The summed E-state index contributed by atoms with van der Waals surface area (Å²) in [5.41, 5.74) is 0.101. The molecule has 1 aliphatic carbocycles. The first-order chi connectivity index (χ1) is 9.10. The van der Waals surface area contributed by atoms with Crippen LogP contribution in [-0.4, -0.2) is 18.9 Å². The zero-order chi connectivity index (χ0) is 13.9. The van der Waals surface area contributed by atoms with Crippen LogP contribution in [-0.2, 0) is 19.7 Å². The Morgan fingerprint density at radius 3 is 2.63 bits per heavy atom. The van der Waals surface area contributed by atoms with Crippen LogP contribution in [0.5, 0.6) is 0 Å². The molecule has 1 aromatic rings. The molecule has 0 aromatic heterocycles. The van der Waals surface area contributed by atoms with Crippen molar-refractivity contribution in [3.8, 4) is 0 Å². The molecule has 0 N–H and O–H groups in total. The normalized spacial score (nSPS) is 29.2. The molecular weight excluding hydrogens is 240 g/mol. The van der Waals surface area contributed by atoms with E-state index in [-0.39, 0.29) is 11.4 Å². The minimum atomic E-state index is -0.703. The predicted octanol–water partition coefficient (Wildman–Crippen LogP) is 2.65. The minimum Gasteiger partial charge on any atom is -0.465 e. The molecule has 1 aliphatic rings. The standard InChI is InChI=1S/C16H18O3/c1-3-19-14(18)16(10-7-11-17)12-15(16,2)13-8-5-4-6-9-13/h4-11H,3,12H2,1-2H3/b10-7+/t15-,16-/m1/s1. The first kappa shape index (κ1) is 13.5. The van der Waals surface area contributed by atoms with E-state index in [1.165, 1.54) is 6.08 Å². The monoisotopic (exact) mass is 258 g/mol. The number of hydrogen-bond acceptors (Lipinski definition) is 3. The maximum Gasteiger partial charge on any atom is 0.316 e. The molecule has 3 nitrogen and oxygen atoms in total. The second kappa shape index (κ2) is 5.00. The maximum absolute atomic E-state index is 12.2.